The number of carbonyl (C=O) groups is 2. The average Bonchev–Trinajstić information content (AvgIpc) is 3.09. The third-order valence-corrected chi connectivity index (χ3v) is 4.55. The first-order valence-corrected chi connectivity index (χ1v) is 8.48. The lowest BCUT2D eigenvalue weighted by atomic mass is 10.2. The Bertz CT molecular complexity index is 1040. The zero-order valence-corrected chi connectivity index (χ0v) is 14.3. The minimum absolute atomic E-state index is 0.0000953. The van der Waals surface area contributed by atoms with E-state index in [4.69, 9.17) is 5.11 Å². The highest BCUT2D eigenvalue weighted by Crippen LogP contribution is 2.31. The fourth-order valence-corrected chi connectivity index (χ4v) is 3.28. The number of hydrogen-bond donors (Lipinski definition) is 3. The van der Waals surface area contributed by atoms with Crippen LogP contribution in [0.15, 0.2) is 35.6 Å². The largest absolute Gasteiger partial charge is 0.507 e. The second-order valence-corrected chi connectivity index (χ2v) is 6.33. The molecule has 0 saturated carbocycles. The summed E-state index contributed by atoms with van der Waals surface area (Å²) >= 11 is 1.05. The summed E-state index contributed by atoms with van der Waals surface area (Å²) in [5, 5.41) is 25.3. The number of amides is 1. The van der Waals surface area contributed by atoms with Gasteiger partial charge in [-0.15, -0.1) is 11.8 Å². The van der Waals surface area contributed by atoms with E-state index in [1.54, 1.807) is 0 Å². The van der Waals surface area contributed by atoms with Crippen LogP contribution in [0.5, 0.6) is 5.75 Å². The molecular weight excluding hydrogens is 382 g/mol. The number of aromatic nitrogens is 3. The van der Waals surface area contributed by atoms with Crippen molar-refractivity contribution < 1.29 is 28.6 Å². The first-order valence-electron chi connectivity index (χ1n) is 7.49. The number of carbonyl (C=O) groups excluding carboxylic acids is 1. The Kier molecular flexibility index (Phi) is 5.21. The Balaban J connectivity index is 1.91. The van der Waals surface area contributed by atoms with Crippen molar-refractivity contribution in [2.45, 2.75) is 10.8 Å². The van der Waals surface area contributed by atoms with Crippen molar-refractivity contribution in [2.75, 3.05) is 6.54 Å². The molecule has 0 radical (unpaired) electrons. The molecule has 3 rings (SSSR count). The lowest BCUT2D eigenvalue weighted by Crippen LogP contribution is -2.29. The summed E-state index contributed by atoms with van der Waals surface area (Å²) in [6, 6.07) is 4.31. The summed E-state index contributed by atoms with van der Waals surface area (Å²) in [4.78, 5) is 26.6. The molecule has 0 atom stereocenters. The van der Waals surface area contributed by atoms with E-state index in [9.17, 15) is 23.5 Å². The Hall–Kier alpha value is -3.21. The standard InChI is InChI=1S/C16H12F2N4O4S/c17-9-1-2-10(18)8(3-9)6-27-12-4-11(23)14(15-20-7-21-22(12)15)16(26)19-5-13(24)25/h1-4,7,23H,5-6H2,(H,19,26)(H,24,25). The van der Waals surface area contributed by atoms with Crippen LogP contribution in [-0.4, -0.2) is 43.2 Å². The van der Waals surface area contributed by atoms with Crippen molar-refractivity contribution in [2.24, 2.45) is 0 Å². The van der Waals surface area contributed by atoms with Gasteiger partial charge in [0.25, 0.3) is 5.91 Å². The highest BCUT2D eigenvalue weighted by molar-refractivity contribution is 7.98. The highest BCUT2D eigenvalue weighted by Gasteiger charge is 2.21. The molecule has 0 aliphatic heterocycles. The number of nitrogens with zero attached hydrogens (tertiary/aromatic N) is 3. The van der Waals surface area contributed by atoms with Crippen LogP contribution < -0.4 is 5.32 Å². The van der Waals surface area contributed by atoms with Gasteiger partial charge in [-0.25, -0.2) is 18.3 Å². The normalized spacial score (nSPS) is 10.9. The molecule has 8 nitrogen and oxygen atoms in total. The molecule has 0 fully saturated rings. The third kappa shape index (κ3) is 3.97. The minimum atomic E-state index is -1.25. The molecule has 0 aliphatic rings. The Morgan fingerprint density at radius 3 is 2.78 bits per heavy atom. The smallest absolute Gasteiger partial charge is 0.322 e. The molecule has 2 aromatic heterocycles. The number of benzene rings is 1. The van der Waals surface area contributed by atoms with Crippen molar-refractivity contribution >= 4 is 29.3 Å². The van der Waals surface area contributed by atoms with Crippen molar-refractivity contribution in [3.63, 3.8) is 0 Å². The number of carboxylic acid groups (broad SMARTS) is 1. The van der Waals surface area contributed by atoms with Crippen LogP contribution in [-0.2, 0) is 10.5 Å². The fraction of sp³-hybridized carbons (Fsp3) is 0.125. The molecule has 3 N–H and O–H groups in total. The summed E-state index contributed by atoms with van der Waals surface area (Å²) < 4.78 is 28.3. The third-order valence-electron chi connectivity index (χ3n) is 3.51. The van der Waals surface area contributed by atoms with E-state index in [0.717, 1.165) is 36.3 Å². The van der Waals surface area contributed by atoms with Gasteiger partial charge in [0.1, 0.15) is 40.8 Å². The lowest BCUT2D eigenvalue weighted by molar-refractivity contribution is -0.135. The predicted octanol–water partition coefficient (Wildman–Crippen LogP) is 1.82. The Morgan fingerprint density at radius 2 is 2.04 bits per heavy atom. The van der Waals surface area contributed by atoms with Crippen molar-refractivity contribution in [1.29, 1.82) is 0 Å². The number of nitrogens with one attached hydrogen (secondary N) is 1. The van der Waals surface area contributed by atoms with Gasteiger partial charge in [0.05, 0.1) is 0 Å². The number of aromatic hydroxyl groups is 1. The van der Waals surface area contributed by atoms with Crippen LogP contribution in [0.4, 0.5) is 8.78 Å². The van der Waals surface area contributed by atoms with Gasteiger partial charge < -0.3 is 15.5 Å². The Labute approximate surface area is 154 Å². The zero-order valence-electron chi connectivity index (χ0n) is 13.5. The number of thioether (sulfide) groups is 1. The van der Waals surface area contributed by atoms with Crippen LogP contribution in [0.2, 0.25) is 0 Å². The van der Waals surface area contributed by atoms with Crippen molar-refractivity contribution in [3.05, 3.63) is 53.4 Å². The van der Waals surface area contributed by atoms with Gasteiger partial charge >= 0.3 is 5.97 Å². The van der Waals surface area contributed by atoms with Crippen LogP contribution in [0.25, 0.3) is 5.65 Å². The van der Waals surface area contributed by atoms with Gasteiger partial charge in [-0.05, 0) is 18.2 Å². The molecule has 0 aliphatic carbocycles. The monoisotopic (exact) mass is 394 g/mol. The molecule has 0 saturated heterocycles. The van der Waals surface area contributed by atoms with E-state index in [1.807, 2.05) is 0 Å². The molecule has 1 aromatic carbocycles. The zero-order chi connectivity index (χ0) is 19.6. The van der Waals surface area contributed by atoms with Crippen LogP contribution in [0, 0.1) is 11.6 Å². The first kappa shape index (κ1) is 18.6. The van der Waals surface area contributed by atoms with Gasteiger partial charge in [0, 0.05) is 17.4 Å². The SMILES string of the molecule is O=C(O)CNC(=O)c1c(O)cc(SCc2cc(F)ccc2F)n2ncnc12. The summed E-state index contributed by atoms with van der Waals surface area (Å²) in [6.45, 7) is -0.631. The van der Waals surface area contributed by atoms with Crippen LogP contribution >= 0.6 is 11.8 Å². The van der Waals surface area contributed by atoms with E-state index in [0.29, 0.717) is 5.03 Å². The number of aliphatic carboxylic acids is 1. The van der Waals surface area contributed by atoms with Gasteiger partial charge in [-0.3, -0.25) is 9.59 Å². The number of hydrogen-bond acceptors (Lipinski definition) is 6. The van der Waals surface area contributed by atoms with Crippen LogP contribution in [0.3, 0.4) is 0 Å². The molecule has 3 aromatic rings. The van der Waals surface area contributed by atoms with Gasteiger partial charge in [0.15, 0.2) is 5.65 Å². The lowest BCUT2D eigenvalue weighted by Gasteiger charge is -2.10. The fourth-order valence-electron chi connectivity index (χ4n) is 2.31. The van der Waals surface area contributed by atoms with E-state index < -0.39 is 35.8 Å². The average molecular weight is 394 g/mol. The number of fused-ring (bicyclic) bond motifs is 1. The molecule has 0 spiro atoms. The molecule has 2 heterocycles. The van der Waals surface area contributed by atoms with Crippen molar-refractivity contribution in [3.8, 4) is 5.75 Å². The summed E-state index contributed by atoms with van der Waals surface area (Å²) in [7, 11) is 0. The van der Waals surface area contributed by atoms with E-state index in [1.165, 1.54) is 10.6 Å². The van der Waals surface area contributed by atoms with Crippen molar-refractivity contribution in [1.82, 2.24) is 19.9 Å². The maximum Gasteiger partial charge on any atom is 0.322 e. The van der Waals surface area contributed by atoms with Gasteiger partial charge in [-0.1, -0.05) is 0 Å². The molecule has 27 heavy (non-hydrogen) atoms. The second-order valence-electron chi connectivity index (χ2n) is 5.34. The van der Waals surface area contributed by atoms with Crippen LogP contribution in [0.1, 0.15) is 15.9 Å². The maximum absolute atomic E-state index is 13.8. The number of carboxylic acids is 1. The predicted molar refractivity (Wildman–Crippen MR) is 90.5 cm³/mol. The topological polar surface area (TPSA) is 117 Å². The summed E-state index contributed by atoms with van der Waals surface area (Å²) in [6.07, 6.45) is 1.15. The summed E-state index contributed by atoms with van der Waals surface area (Å²) in [5.74, 6) is -3.63. The number of halogens is 2. The van der Waals surface area contributed by atoms with Gasteiger partial charge in [-0.2, -0.15) is 5.10 Å². The molecular formula is C16H12F2N4O4S. The Morgan fingerprint density at radius 1 is 1.26 bits per heavy atom. The van der Waals surface area contributed by atoms with Gasteiger partial charge in [0.2, 0.25) is 0 Å². The first-order chi connectivity index (χ1) is 12.9. The quantitative estimate of drug-likeness (QED) is 0.546. The van der Waals surface area contributed by atoms with E-state index in [-0.39, 0.29) is 22.5 Å². The maximum atomic E-state index is 13.8. The minimum Gasteiger partial charge on any atom is -0.507 e. The molecule has 1 amide bonds. The number of rotatable bonds is 6. The highest BCUT2D eigenvalue weighted by atomic mass is 32.2. The molecule has 0 unspecified atom stereocenters. The summed E-state index contributed by atoms with van der Waals surface area (Å²) in [5.41, 5.74) is -0.119. The van der Waals surface area contributed by atoms with E-state index in [2.05, 4.69) is 15.4 Å². The molecule has 0 bridgehead atoms. The molecule has 11 heteroatoms. The molecule has 140 valence electrons. The second kappa shape index (κ2) is 7.58. The number of pyridine rings is 1. The van der Waals surface area contributed by atoms with E-state index >= 15 is 0 Å².